The van der Waals surface area contributed by atoms with Crippen molar-refractivity contribution < 1.29 is 19.0 Å². The van der Waals surface area contributed by atoms with E-state index in [9.17, 15) is 9.59 Å². The molecule has 0 bridgehead atoms. The first kappa shape index (κ1) is 22.0. The van der Waals surface area contributed by atoms with Gasteiger partial charge < -0.3 is 18.8 Å². The standard InChI is InChI=1S/C27H20BrNO5/c1-32-25(30)12-10-22-26(18-5-3-2-4-6-18)21-14-19(28)8-9-20(21)27(31)29(22)15-17-7-11-23-24(13-17)34-16-33-23/h2-14H,15-16H2,1H3. The van der Waals surface area contributed by atoms with Gasteiger partial charge in [-0.25, -0.2) is 4.79 Å². The summed E-state index contributed by atoms with van der Waals surface area (Å²) in [5.74, 6) is 0.816. The van der Waals surface area contributed by atoms with Crippen LogP contribution in [0.15, 0.2) is 82.1 Å². The van der Waals surface area contributed by atoms with Gasteiger partial charge in [0.25, 0.3) is 5.56 Å². The summed E-state index contributed by atoms with van der Waals surface area (Å²) >= 11 is 3.54. The maximum atomic E-state index is 13.7. The smallest absolute Gasteiger partial charge is 0.330 e. The van der Waals surface area contributed by atoms with Crippen molar-refractivity contribution in [3.63, 3.8) is 0 Å². The molecule has 170 valence electrons. The third-order valence-electron chi connectivity index (χ3n) is 5.69. The fourth-order valence-corrected chi connectivity index (χ4v) is 4.47. The van der Waals surface area contributed by atoms with Crippen molar-refractivity contribution in [1.29, 1.82) is 0 Å². The Balaban J connectivity index is 1.80. The molecule has 1 aliphatic heterocycles. The maximum absolute atomic E-state index is 13.7. The first-order valence-electron chi connectivity index (χ1n) is 10.6. The topological polar surface area (TPSA) is 66.8 Å². The molecule has 1 aromatic heterocycles. The molecule has 5 rings (SSSR count). The van der Waals surface area contributed by atoms with Crippen molar-refractivity contribution in [2.24, 2.45) is 0 Å². The van der Waals surface area contributed by atoms with Crippen molar-refractivity contribution >= 4 is 38.7 Å². The SMILES string of the molecule is COC(=O)C=Cc1c(-c2ccccc2)c2cc(Br)ccc2c(=O)n1Cc1ccc2c(c1)OCO2. The van der Waals surface area contributed by atoms with Gasteiger partial charge in [0.15, 0.2) is 11.5 Å². The van der Waals surface area contributed by atoms with Crippen LogP contribution in [0.2, 0.25) is 0 Å². The Bertz CT molecular complexity index is 1490. The number of halogens is 1. The van der Waals surface area contributed by atoms with Crippen LogP contribution in [0.4, 0.5) is 0 Å². The van der Waals surface area contributed by atoms with Crippen molar-refractivity contribution in [2.45, 2.75) is 6.54 Å². The van der Waals surface area contributed by atoms with Gasteiger partial charge in [0.1, 0.15) is 0 Å². The molecule has 3 aromatic carbocycles. The van der Waals surface area contributed by atoms with E-state index in [0.29, 0.717) is 22.6 Å². The molecule has 1 aliphatic rings. The minimum Gasteiger partial charge on any atom is -0.466 e. The molecule has 34 heavy (non-hydrogen) atoms. The Morgan fingerprint density at radius 2 is 1.82 bits per heavy atom. The number of rotatable bonds is 5. The van der Waals surface area contributed by atoms with Crippen LogP contribution in [-0.4, -0.2) is 24.4 Å². The van der Waals surface area contributed by atoms with E-state index in [2.05, 4.69) is 15.9 Å². The summed E-state index contributed by atoms with van der Waals surface area (Å²) in [5.41, 5.74) is 3.08. The van der Waals surface area contributed by atoms with Crippen LogP contribution in [0.1, 0.15) is 11.3 Å². The van der Waals surface area contributed by atoms with Gasteiger partial charge in [-0.05, 0) is 52.9 Å². The Morgan fingerprint density at radius 1 is 1.03 bits per heavy atom. The molecule has 0 aliphatic carbocycles. The van der Waals surface area contributed by atoms with E-state index in [1.165, 1.54) is 13.2 Å². The number of pyridine rings is 1. The zero-order chi connectivity index (χ0) is 23.7. The molecule has 2 heterocycles. The molecule has 0 atom stereocenters. The van der Waals surface area contributed by atoms with Crippen LogP contribution in [0, 0.1) is 0 Å². The second kappa shape index (κ2) is 9.19. The number of methoxy groups -OCH3 is 1. The quantitative estimate of drug-likeness (QED) is 0.262. The Hall–Kier alpha value is -3.84. The van der Waals surface area contributed by atoms with Crippen molar-refractivity contribution in [2.75, 3.05) is 13.9 Å². The van der Waals surface area contributed by atoms with E-state index in [-0.39, 0.29) is 18.9 Å². The summed E-state index contributed by atoms with van der Waals surface area (Å²) in [5, 5.41) is 1.37. The van der Waals surface area contributed by atoms with Crippen LogP contribution >= 0.6 is 15.9 Å². The number of esters is 1. The average Bonchev–Trinajstić information content (AvgIpc) is 3.33. The van der Waals surface area contributed by atoms with Gasteiger partial charge in [-0.15, -0.1) is 0 Å². The number of aromatic nitrogens is 1. The summed E-state index contributed by atoms with van der Waals surface area (Å²) in [6.07, 6.45) is 2.98. The zero-order valence-electron chi connectivity index (χ0n) is 18.3. The summed E-state index contributed by atoms with van der Waals surface area (Å²) in [6.45, 7) is 0.455. The fourth-order valence-electron chi connectivity index (χ4n) is 4.11. The van der Waals surface area contributed by atoms with Crippen LogP contribution in [-0.2, 0) is 16.1 Å². The fraction of sp³-hybridized carbons (Fsp3) is 0.111. The molecule has 4 aromatic rings. The number of hydrogen-bond acceptors (Lipinski definition) is 5. The van der Waals surface area contributed by atoms with E-state index in [1.54, 1.807) is 10.6 Å². The second-order valence-corrected chi connectivity index (χ2v) is 8.67. The van der Waals surface area contributed by atoms with E-state index < -0.39 is 5.97 Å². The van der Waals surface area contributed by atoms with Crippen molar-refractivity contribution in [3.05, 3.63) is 98.9 Å². The third kappa shape index (κ3) is 4.10. The maximum Gasteiger partial charge on any atom is 0.330 e. The molecular formula is C27H20BrNO5. The van der Waals surface area contributed by atoms with Gasteiger partial charge in [-0.1, -0.05) is 52.3 Å². The number of hydrogen-bond donors (Lipinski definition) is 0. The molecule has 0 N–H and O–H groups in total. The highest BCUT2D eigenvalue weighted by atomic mass is 79.9. The summed E-state index contributed by atoms with van der Waals surface area (Å²) in [4.78, 5) is 25.7. The third-order valence-corrected chi connectivity index (χ3v) is 6.19. The molecular weight excluding hydrogens is 498 g/mol. The molecule has 7 heteroatoms. The number of benzene rings is 3. The summed E-state index contributed by atoms with van der Waals surface area (Å²) in [7, 11) is 1.32. The average molecular weight is 518 g/mol. The van der Waals surface area contributed by atoms with Gasteiger partial charge in [-0.3, -0.25) is 4.79 Å². The second-order valence-electron chi connectivity index (χ2n) is 7.75. The molecule has 0 saturated heterocycles. The Kier molecular flexibility index (Phi) is 5.94. The molecule has 0 radical (unpaired) electrons. The van der Waals surface area contributed by atoms with E-state index in [4.69, 9.17) is 14.2 Å². The molecule has 0 saturated carbocycles. The molecule has 6 nitrogen and oxygen atoms in total. The first-order chi connectivity index (χ1) is 16.5. The van der Waals surface area contributed by atoms with Crippen molar-refractivity contribution in [3.8, 4) is 22.6 Å². The van der Waals surface area contributed by atoms with E-state index in [0.717, 1.165) is 26.5 Å². The number of ether oxygens (including phenoxy) is 3. The lowest BCUT2D eigenvalue weighted by molar-refractivity contribution is -0.134. The van der Waals surface area contributed by atoms with Crippen LogP contribution in [0.5, 0.6) is 11.5 Å². The predicted molar refractivity (Wildman–Crippen MR) is 134 cm³/mol. The summed E-state index contributed by atoms with van der Waals surface area (Å²) < 4.78 is 18.3. The molecule has 0 amide bonds. The predicted octanol–water partition coefficient (Wildman–Crippen LogP) is 5.39. The van der Waals surface area contributed by atoms with Crippen LogP contribution < -0.4 is 15.0 Å². The van der Waals surface area contributed by atoms with Gasteiger partial charge in [0, 0.05) is 21.5 Å². The minimum absolute atomic E-state index is 0.163. The monoisotopic (exact) mass is 517 g/mol. The zero-order valence-corrected chi connectivity index (χ0v) is 19.9. The number of carbonyl (C=O) groups excluding carboxylic acids is 1. The normalized spacial score (nSPS) is 12.4. The Morgan fingerprint density at radius 3 is 2.62 bits per heavy atom. The van der Waals surface area contributed by atoms with Crippen LogP contribution in [0.25, 0.3) is 28.0 Å². The van der Waals surface area contributed by atoms with Crippen molar-refractivity contribution in [1.82, 2.24) is 4.57 Å². The molecule has 0 spiro atoms. The molecule has 0 unspecified atom stereocenters. The van der Waals surface area contributed by atoms with E-state index in [1.807, 2.05) is 66.7 Å². The van der Waals surface area contributed by atoms with E-state index >= 15 is 0 Å². The lowest BCUT2D eigenvalue weighted by Crippen LogP contribution is -2.24. The van der Waals surface area contributed by atoms with Gasteiger partial charge in [0.2, 0.25) is 6.79 Å². The lowest BCUT2D eigenvalue weighted by Gasteiger charge is -2.19. The van der Waals surface area contributed by atoms with Crippen LogP contribution in [0.3, 0.4) is 0 Å². The summed E-state index contributed by atoms with van der Waals surface area (Å²) in [6, 6.07) is 21.0. The first-order valence-corrected chi connectivity index (χ1v) is 11.4. The lowest BCUT2D eigenvalue weighted by atomic mass is 9.96. The minimum atomic E-state index is -0.504. The Labute approximate surface area is 204 Å². The highest BCUT2D eigenvalue weighted by molar-refractivity contribution is 9.10. The number of fused-ring (bicyclic) bond motifs is 2. The molecule has 0 fully saturated rings. The van der Waals surface area contributed by atoms with Gasteiger partial charge >= 0.3 is 5.97 Å². The number of carbonyl (C=O) groups is 1. The number of nitrogens with zero attached hydrogens (tertiary/aromatic N) is 1. The largest absolute Gasteiger partial charge is 0.466 e. The van der Waals surface area contributed by atoms with Gasteiger partial charge in [0.05, 0.1) is 19.3 Å². The van der Waals surface area contributed by atoms with Gasteiger partial charge in [-0.2, -0.15) is 0 Å². The highest BCUT2D eigenvalue weighted by Gasteiger charge is 2.19. The highest BCUT2D eigenvalue weighted by Crippen LogP contribution is 2.35.